The predicted octanol–water partition coefficient (Wildman–Crippen LogP) is 3.37. The Morgan fingerprint density at radius 3 is 2.28 bits per heavy atom. The van der Waals surface area contributed by atoms with Gasteiger partial charge in [-0.15, -0.1) is 0 Å². The molecule has 0 bridgehead atoms. The van der Waals surface area contributed by atoms with Gasteiger partial charge in [0.1, 0.15) is 0 Å². The van der Waals surface area contributed by atoms with Gasteiger partial charge in [-0.25, -0.2) is 4.79 Å². The van der Waals surface area contributed by atoms with Crippen molar-refractivity contribution in [1.82, 2.24) is 4.90 Å². The molecule has 1 aromatic rings. The molecule has 0 amide bonds. The van der Waals surface area contributed by atoms with Gasteiger partial charge in [0.25, 0.3) is 0 Å². The molecule has 0 saturated heterocycles. The average molecular weight is 415 g/mol. The van der Waals surface area contributed by atoms with Crippen molar-refractivity contribution in [2.45, 2.75) is 40.2 Å². The van der Waals surface area contributed by atoms with Crippen LogP contribution in [0.2, 0.25) is 0 Å². The van der Waals surface area contributed by atoms with Gasteiger partial charge in [-0.05, 0) is 59.6 Å². The van der Waals surface area contributed by atoms with Crippen LogP contribution < -0.4 is 5.73 Å². The average Bonchev–Trinajstić information content (AvgIpc) is 2.58. The number of carbonyl (C=O) groups excluding carboxylic acids is 2. The van der Waals surface area contributed by atoms with E-state index in [-0.39, 0.29) is 18.5 Å². The van der Waals surface area contributed by atoms with Crippen molar-refractivity contribution in [2.75, 3.05) is 32.0 Å². The Morgan fingerprint density at radius 2 is 1.72 bits per heavy atom. The van der Waals surface area contributed by atoms with Crippen LogP contribution in [-0.4, -0.2) is 43.1 Å². The minimum atomic E-state index is -0.381. The fraction of sp³-hybridized carbons (Fsp3) is 0.556. The zero-order valence-corrected chi connectivity index (χ0v) is 16.7. The van der Waals surface area contributed by atoms with E-state index in [0.29, 0.717) is 41.7 Å². The second-order valence-electron chi connectivity index (χ2n) is 5.68. The van der Waals surface area contributed by atoms with Crippen LogP contribution >= 0.6 is 15.9 Å². The number of nitrogen functional groups attached to an aromatic ring is 1. The number of anilines is 1. The largest absolute Gasteiger partial charge is 0.466 e. The summed E-state index contributed by atoms with van der Waals surface area (Å²) < 4.78 is 10.8. The summed E-state index contributed by atoms with van der Waals surface area (Å²) in [7, 11) is 0. The molecule has 0 atom stereocenters. The fourth-order valence-electron chi connectivity index (χ4n) is 2.28. The quantitative estimate of drug-likeness (QED) is 0.359. The van der Waals surface area contributed by atoms with Crippen LogP contribution in [0.3, 0.4) is 0 Å². The first-order valence-electron chi connectivity index (χ1n) is 8.49. The minimum absolute atomic E-state index is 0.285. The smallest absolute Gasteiger partial charge is 0.338 e. The Balaban J connectivity index is 2.63. The van der Waals surface area contributed by atoms with Crippen LogP contribution in [0.25, 0.3) is 0 Å². The van der Waals surface area contributed by atoms with E-state index in [4.69, 9.17) is 15.2 Å². The predicted molar refractivity (Wildman–Crippen MR) is 101 cm³/mol. The van der Waals surface area contributed by atoms with Crippen molar-refractivity contribution in [2.24, 2.45) is 0 Å². The number of hydrogen-bond acceptors (Lipinski definition) is 6. The Labute approximate surface area is 157 Å². The summed E-state index contributed by atoms with van der Waals surface area (Å²) in [6, 6.07) is 3.47. The van der Waals surface area contributed by atoms with Gasteiger partial charge >= 0.3 is 11.9 Å². The molecule has 2 N–H and O–H groups in total. The van der Waals surface area contributed by atoms with Crippen LogP contribution in [0.1, 0.15) is 49.5 Å². The number of hydrogen-bond donors (Lipinski definition) is 1. The van der Waals surface area contributed by atoms with Crippen molar-refractivity contribution < 1.29 is 19.1 Å². The first kappa shape index (κ1) is 21.4. The van der Waals surface area contributed by atoms with Gasteiger partial charge in [0, 0.05) is 17.9 Å². The summed E-state index contributed by atoms with van der Waals surface area (Å²) in [5.41, 5.74) is 8.14. The highest BCUT2D eigenvalue weighted by Crippen LogP contribution is 2.27. The van der Waals surface area contributed by atoms with Crippen molar-refractivity contribution in [1.29, 1.82) is 0 Å². The molecule has 0 fully saturated rings. The van der Waals surface area contributed by atoms with E-state index in [0.717, 1.165) is 18.7 Å². The lowest BCUT2D eigenvalue weighted by molar-refractivity contribution is -0.141. The van der Waals surface area contributed by atoms with E-state index in [2.05, 4.69) is 34.7 Å². The SMILES string of the molecule is CCN(CC)Cc1cc(C(=O)OCCCCOC(C)=O)cc(Br)c1N. The highest BCUT2D eigenvalue weighted by molar-refractivity contribution is 9.10. The molecule has 6 nitrogen and oxygen atoms in total. The highest BCUT2D eigenvalue weighted by Gasteiger charge is 2.14. The summed E-state index contributed by atoms with van der Waals surface area (Å²) in [5.74, 6) is -0.682. The third-order valence-corrected chi connectivity index (χ3v) is 4.47. The maximum atomic E-state index is 12.2. The summed E-state index contributed by atoms with van der Waals surface area (Å²) in [6.07, 6.45) is 1.30. The molecular formula is C18H27BrN2O4. The zero-order valence-electron chi connectivity index (χ0n) is 15.1. The summed E-state index contributed by atoms with van der Waals surface area (Å²) in [6.45, 7) is 8.66. The van der Waals surface area contributed by atoms with Crippen molar-refractivity contribution >= 4 is 33.6 Å². The standard InChI is InChI=1S/C18H27BrN2O4/c1-4-21(5-2)12-15-10-14(11-16(19)17(15)20)18(23)25-9-7-6-8-24-13(3)22/h10-11H,4-9,12,20H2,1-3H3. The minimum Gasteiger partial charge on any atom is -0.466 e. The third kappa shape index (κ3) is 7.44. The summed E-state index contributed by atoms with van der Waals surface area (Å²) >= 11 is 3.42. The molecule has 0 aromatic heterocycles. The molecule has 0 unspecified atom stereocenters. The van der Waals surface area contributed by atoms with Crippen LogP contribution in [0, 0.1) is 0 Å². The number of unbranched alkanes of at least 4 members (excludes halogenated alkanes) is 1. The molecule has 0 radical (unpaired) electrons. The number of rotatable bonds is 10. The highest BCUT2D eigenvalue weighted by atomic mass is 79.9. The van der Waals surface area contributed by atoms with Gasteiger partial charge in [0.15, 0.2) is 0 Å². The number of halogens is 1. The number of nitrogens with two attached hydrogens (primary N) is 1. The molecule has 0 heterocycles. The number of esters is 2. The normalized spacial score (nSPS) is 10.8. The first-order chi connectivity index (χ1) is 11.9. The molecule has 0 aliphatic rings. The van der Waals surface area contributed by atoms with Crippen LogP contribution in [0.15, 0.2) is 16.6 Å². The van der Waals surface area contributed by atoms with E-state index >= 15 is 0 Å². The Kier molecular flexibility index (Phi) is 9.52. The summed E-state index contributed by atoms with van der Waals surface area (Å²) in [4.78, 5) is 25.1. The number of nitrogens with zero attached hydrogens (tertiary/aromatic N) is 1. The lowest BCUT2D eigenvalue weighted by atomic mass is 10.1. The maximum Gasteiger partial charge on any atom is 0.338 e. The second-order valence-corrected chi connectivity index (χ2v) is 6.53. The molecule has 1 aromatic carbocycles. The van der Waals surface area contributed by atoms with E-state index < -0.39 is 0 Å². The molecule has 7 heteroatoms. The molecular weight excluding hydrogens is 388 g/mol. The topological polar surface area (TPSA) is 81.9 Å². The number of ether oxygens (including phenoxy) is 2. The Bertz CT molecular complexity index is 589. The fourth-order valence-corrected chi connectivity index (χ4v) is 2.78. The maximum absolute atomic E-state index is 12.2. The van der Waals surface area contributed by atoms with Crippen molar-refractivity contribution in [3.63, 3.8) is 0 Å². The molecule has 25 heavy (non-hydrogen) atoms. The van der Waals surface area contributed by atoms with Gasteiger partial charge in [-0.3, -0.25) is 9.69 Å². The van der Waals surface area contributed by atoms with Crippen molar-refractivity contribution in [3.05, 3.63) is 27.7 Å². The zero-order chi connectivity index (χ0) is 18.8. The molecule has 140 valence electrons. The van der Waals surface area contributed by atoms with Gasteiger partial charge in [0.2, 0.25) is 0 Å². The summed E-state index contributed by atoms with van der Waals surface area (Å²) in [5, 5.41) is 0. The monoisotopic (exact) mass is 414 g/mol. The van der Waals surface area contributed by atoms with E-state index in [1.54, 1.807) is 12.1 Å². The van der Waals surface area contributed by atoms with E-state index in [9.17, 15) is 9.59 Å². The lowest BCUT2D eigenvalue weighted by Gasteiger charge is -2.20. The van der Waals surface area contributed by atoms with Gasteiger partial charge in [-0.1, -0.05) is 13.8 Å². The molecule has 0 aliphatic heterocycles. The number of carbonyl (C=O) groups is 2. The Morgan fingerprint density at radius 1 is 1.12 bits per heavy atom. The van der Waals surface area contributed by atoms with Crippen LogP contribution in [0.5, 0.6) is 0 Å². The van der Waals surface area contributed by atoms with Gasteiger partial charge in [-0.2, -0.15) is 0 Å². The molecule has 0 saturated carbocycles. The van der Waals surface area contributed by atoms with Crippen LogP contribution in [-0.2, 0) is 20.8 Å². The van der Waals surface area contributed by atoms with E-state index in [1.165, 1.54) is 6.92 Å². The molecule has 0 aliphatic carbocycles. The van der Waals surface area contributed by atoms with Crippen LogP contribution in [0.4, 0.5) is 5.69 Å². The van der Waals surface area contributed by atoms with E-state index in [1.807, 2.05) is 0 Å². The Hall–Kier alpha value is -1.60. The molecule has 1 rings (SSSR count). The first-order valence-corrected chi connectivity index (χ1v) is 9.29. The second kappa shape index (κ2) is 11.1. The number of benzene rings is 1. The lowest BCUT2D eigenvalue weighted by Crippen LogP contribution is -2.23. The van der Waals surface area contributed by atoms with Gasteiger partial charge < -0.3 is 15.2 Å². The van der Waals surface area contributed by atoms with Gasteiger partial charge in [0.05, 0.1) is 24.5 Å². The third-order valence-electron chi connectivity index (χ3n) is 3.82. The van der Waals surface area contributed by atoms with Crippen molar-refractivity contribution in [3.8, 4) is 0 Å². The molecule has 0 spiro atoms.